The van der Waals surface area contributed by atoms with E-state index in [4.69, 9.17) is 4.74 Å². The smallest absolute Gasteiger partial charge is 0.223 e. The van der Waals surface area contributed by atoms with E-state index in [9.17, 15) is 4.79 Å². The summed E-state index contributed by atoms with van der Waals surface area (Å²) in [7, 11) is 3.82. The van der Waals surface area contributed by atoms with E-state index >= 15 is 0 Å². The molecule has 1 heterocycles. The summed E-state index contributed by atoms with van der Waals surface area (Å²) in [5.41, 5.74) is 0. The SMILES string of the molecule is COCCCCC(=O)N1[C@@H](C)CN(C)C[C@@H]1C. The number of carbonyl (C=O) groups excluding carboxylic acids is 1. The number of nitrogens with zero attached hydrogens (tertiary/aromatic N) is 2. The van der Waals surface area contributed by atoms with Crippen LogP contribution >= 0.6 is 0 Å². The van der Waals surface area contributed by atoms with Crippen LogP contribution in [-0.2, 0) is 9.53 Å². The van der Waals surface area contributed by atoms with Crippen molar-refractivity contribution in [3.05, 3.63) is 0 Å². The first kappa shape index (κ1) is 14.5. The van der Waals surface area contributed by atoms with Gasteiger partial charge in [0.2, 0.25) is 5.91 Å². The zero-order valence-corrected chi connectivity index (χ0v) is 11.6. The number of carbonyl (C=O) groups is 1. The largest absolute Gasteiger partial charge is 0.385 e. The fraction of sp³-hybridized carbons (Fsp3) is 0.923. The van der Waals surface area contributed by atoms with Crippen LogP contribution in [0, 0.1) is 0 Å². The molecule has 4 nitrogen and oxygen atoms in total. The van der Waals surface area contributed by atoms with E-state index in [1.165, 1.54) is 0 Å². The molecule has 0 N–H and O–H groups in total. The van der Waals surface area contributed by atoms with Gasteiger partial charge in [0.15, 0.2) is 0 Å². The highest BCUT2D eigenvalue weighted by atomic mass is 16.5. The maximum absolute atomic E-state index is 12.2. The van der Waals surface area contributed by atoms with Gasteiger partial charge in [0.25, 0.3) is 0 Å². The van der Waals surface area contributed by atoms with Crippen molar-refractivity contribution in [1.82, 2.24) is 9.80 Å². The molecule has 0 aromatic rings. The summed E-state index contributed by atoms with van der Waals surface area (Å²) >= 11 is 0. The van der Waals surface area contributed by atoms with E-state index in [1.807, 2.05) is 0 Å². The Hall–Kier alpha value is -0.610. The van der Waals surface area contributed by atoms with Crippen molar-refractivity contribution in [2.75, 3.05) is 33.9 Å². The summed E-state index contributed by atoms with van der Waals surface area (Å²) in [6.45, 7) is 6.99. The van der Waals surface area contributed by atoms with Crippen molar-refractivity contribution >= 4 is 5.91 Å². The molecule has 0 spiro atoms. The van der Waals surface area contributed by atoms with Gasteiger partial charge in [-0.3, -0.25) is 4.79 Å². The molecule has 1 aliphatic heterocycles. The highest BCUT2D eigenvalue weighted by Crippen LogP contribution is 2.16. The Labute approximate surface area is 105 Å². The van der Waals surface area contributed by atoms with E-state index in [-0.39, 0.29) is 0 Å². The number of hydrogen-bond acceptors (Lipinski definition) is 3. The highest BCUT2D eigenvalue weighted by Gasteiger charge is 2.30. The van der Waals surface area contributed by atoms with Crippen LogP contribution in [0.3, 0.4) is 0 Å². The maximum Gasteiger partial charge on any atom is 0.223 e. The van der Waals surface area contributed by atoms with Crippen LogP contribution in [0.4, 0.5) is 0 Å². The third-order valence-electron chi connectivity index (χ3n) is 3.38. The Bertz CT molecular complexity index is 234. The molecule has 0 bridgehead atoms. The topological polar surface area (TPSA) is 32.8 Å². The van der Waals surface area contributed by atoms with Gasteiger partial charge in [-0.05, 0) is 33.7 Å². The average molecular weight is 242 g/mol. The summed E-state index contributed by atoms with van der Waals surface area (Å²) in [5.74, 6) is 0.300. The van der Waals surface area contributed by atoms with Crippen LogP contribution in [-0.4, -0.2) is 61.6 Å². The quantitative estimate of drug-likeness (QED) is 0.682. The molecule has 1 fully saturated rings. The Morgan fingerprint density at radius 1 is 1.24 bits per heavy atom. The van der Waals surface area contributed by atoms with Crippen molar-refractivity contribution in [3.63, 3.8) is 0 Å². The van der Waals surface area contributed by atoms with Gasteiger partial charge in [-0.2, -0.15) is 0 Å². The third kappa shape index (κ3) is 4.28. The van der Waals surface area contributed by atoms with Gasteiger partial charge in [0, 0.05) is 45.3 Å². The van der Waals surface area contributed by atoms with E-state index in [1.54, 1.807) is 7.11 Å². The number of ether oxygens (including phenoxy) is 1. The highest BCUT2D eigenvalue weighted by molar-refractivity contribution is 5.77. The predicted molar refractivity (Wildman–Crippen MR) is 69.0 cm³/mol. The van der Waals surface area contributed by atoms with Crippen LogP contribution in [0.2, 0.25) is 0 Å². The first-order valence-electron chi connectivity index (χ1n) is 6.55. The Morgan fingerprint density at radius 3 is 2.35 bits per heavy atom. The summed E-state index contributed by atoms with van der Waals surface area (Å²) in [4.78, 5) is 16.5. The molecular weight excluding hydrogens is 216 g/mol. The van der Waals surface area contributed by atoms with Gasteiger partial charge in [0.05, 0.1) is 0 Å². The second-order valence-electron chi connectivity index (χ2n) is 5.17. The van der Waals surface area contributed by atoms with Crippen molar-refractivity contribution in [2.24, 2.45) is 0 Å². The molecule has 1 aliphatic rings. The second-order valence-corrected chi connectivity index (χ2v) is 5.17. The minimum Gasteiger partial charge on any atom is -0.385 e. The van der Waals surface area contributed by atoms with Crippen molar-refractivity contribution in [1.29, 1.82) is 0 Å². The van der Waals surface area contributed by atoms with Gasteiger partial charge < -0.3 is 14.5 Å². The van der Waals surface area contributed by atoms with E-state index in [0.29, 0.717) is 24.4 Å². The van der Waals surface area contributed by atoms with Crippen LogP contribution in [0.5, 0.6) is 0 Å². The molecule has 1 saturated heterocycles. The van der Waals surface area contributed by atoms with Gasteiger partial charge in [-0.25, -0.2) is 0 Å². The molecule has 4 heteroatoms. The Morgan fingerprint density at radius 2 is 1.82 bits per heavy atom. The summed E-state index contributed by atoms with van der Waals surface area (Å²) < 4.78 is 4.99. The van der Waals surface area contributed by atoms with Gasteiger partial charge in [-0.15, -0.1) is 0 Å². The fourth-order valence-electron chi connectivity index (χ4n) is 2.73. The molecule has 1 amide bonds. The molecule has 0 aromatic heterocycles. The standard InChI is InChI=1S/C13H26N2O2/c1-11-9-14(3)10-12(2)15(11)13(16)7-5-6-8-17-4/h11-12H,5-10H2,1-4H3/t11-,12-/m0/s1. The number of rotatable bonds is 5. The minimum absolute atomic E-state index is 0.300. The lowest BCUT2D eigenvalue weighted by Gasteiger charge is -2.43. The molecule has 0 aromatic carbocycles. The molecule has 0 aliphatic carbocycles. The Kier molecular flexibility index (Phi) is 5.92. The van der Waals surface area contributed by atoms with E-state index in [0.717, 1.165) is 32.5 Å². The molecule has 0 saturated carbocycles. The van der Waals surface area contributed by atoms with Crippen LogP contribution in [0.15, 0.2) is 0 Å². The normalized spacial score (nSPS) is 26.2. The second kappa shape index (κ2) is 6.97. The predicted octanol–water partition coefficient (Wildman–Crippen LogP) is 1.35. The minimum atomic E-state index is 0.300. The monoisotopic (exact) mass is 242 g/mol. The summed E-state index contributed by atoms with van der Waals surface area (Å²) in [6, 6.07) is 0.664. The van der Waals surface area contributed by atoms with Gasteiger partial charge in [-0.1, -0.05) is 0 Å². The number of unbranched alkanes of at least 4 members (excludes halogenated alkanes) is 1. The number of methoxy groups -OCH3 is 1. The zero-order valence-electron chi connectivity index (χ0n) is 11.6. The average Bonchev–Trinajstić information content (AvgIpc) is 2.23. The molecular formula is C13H26N2O2. The molecule has 100 valence electrons. The maximum atomic E-state index is 12.2. The summed E-state index contributed by atoms with van der Waals surface area (Å²) in [6.07, 6.45) is 2.55. The lowest BCUT2D eigenvalue weighted by molar-refractivity contribution is -0.138. The molecule has 17 heavy (non-hydrogen) atoms. The fourth-order valence-corrected chi connectivity index (χ4v) is 2.73. The van der Waals surface area contributed by atoms with Crippen LogP contribution in [0.1, 0.15) is 33.1 Å². The van der Waals surface area contributed by atoms with Crippen LogP contribution in [0.25, 0.3) is 0 Å². The number of amides is 1. The molecule has 2 atom stereocenters. The summed E-state index contributed by atoms with van der Waals surface area (Å²) in [5, 5.41) is 0. The van der Waals surface area contributed by atoms with E-state index < -0.39 is 0 Å². The number of piperazine rings is 1. The number of likely N-dealkylation sites (N-methyl/N-ethyl adjacent to an activating group) is 1. The molecule has 0 radical (unpaired) electrons. The number of hydrogen-bond donors (Lipinski definition) is 0. The van der Waals surface area contributed by atoms with Crippen molar-refractivity contribution in [2.45, 2.75) is 45.2 Å². The zero-order chi connectivity index (χ0) is 12.8. The lowest BCUT2D eigenvalue weighted by atomic mass is 10.1. The first-order valence-corrected chi connectivity index (χ1v) is 6.55. The van der Waals surface area contributed by atoms with Crippen molar-refractivity contribution in [3.8, 4) is 0 Å². The molecule has 1 rings (SSSR count). The first-order chi connectivity index (χ1) is 8.06. The third-order valence-corrected chi connectivity index (χ3v) is 3.38. The van der Waals surface area contributed by atoms with E-state index in [2.05, 4.69) is 30.7 Å². The van der Waals surface area contributed by atoms with Crippen molar-refractivity contribution < 1.29 is 9.53 Å². The lowest BCUT2D eigenvalue weighted by Crippen LogP contribution is -2.57. The van der Waals surface area contributed by atoms with Gasteiger partial charge >= 0.3 is 0 Å². The van der Waals surface area contributed by atoms with Crippen LogP contribution < -0.4 is 0 Å². The Balaban J connectivity index is 2.39. The molecule has 0 unspecified atom stereocenters. The van der Waals surface area contributed by atoms with Gasteiger partial charge in [0.1, 0.15) is 0 Å².